The van der Waals surface area contributed by atoms with Crippen molar-refractivity contribution in [3.8, 4) is 5.75 Å². The number of nitrogens with one attached hydrogen (secondary N) is 2. The van der Waals surface area contributed by atoms with Crippen molar-refractivity contribution in [1.29, 1.82) is 0 Å². The van der Waals surface area contributed by atoms with Gasteiger partial charge in [-0.1, -0.05) is 6.58 Å². The number of rotatable bonds is 10. The van der Waals surface area contributed by atoms with Crippen LogP contribution in [0.2, 0.25) is 0 Å². The van der Waals surface area contributed by atoms with Crippen LogP contribution in [0.4, 0.5) is 37.5 Å². The molecule has 266 valence electrons. The zero-order chi connectivity index (χ0) is 35.0. The van der Waals surface area contributed by atoms with Gasteiger partial charge in [0, 0.05) is 75.0 Å². The van der Waals surface area contributed by atoms with E-state index >= 15 is 0 Å². The van der Waals surface area contributed by atoms with Gasteiger partial charge in [0.1, 0.15) is 29.5 Å². The van der Waals surface area contributed by atoms with Gasteiger partial charge >= 0.3 is 0 Å². The fourth-order valence-corrected chi connectivity index (χ4v) is 7.87. The molecule has 4 aliphatic rings. The quantitative estimate of drug-likeness (QED) is 0.246. The van der Waals surface area contributed by atoms with Crippen LogP contribution in [0.25, 0.3) is 0 Å². The number of piperidine rings is 1. The molecule has 0 spiro atoms. The molecule has 4 heterocycles. The van der Waals surface area contributed by atoms with Crippen molar-refractivity contribution in [3.05, 3.63) is 72.6 Å². The van der Waals surface area contributed by atoms with Crippen molar-refractivity contribution < 1.29 is 23.1 Å². The second-order valence-corrected chi connectivity index (χ2v) is 14.2. The highest BCUT2D eigenvalue weighted by atomic mass is 19.1. The molecule has 13 heteroatoms. The Labute approximate surface area is 292 Å². The van der Waals surface area contributed by atoms with Crippen molar-refractivity contribution >= 4 is 34.6 Å². The Morgan fingerprint density at radius 1 is 0.960 bits per heavy atom. The summed E-state index contributed by atoms with van der Waals surface area (Å²) in [5, 5.41) is 7.86. The number of halogens is 2. The van der Waals surface area contributed by atoms with E-state index in [1.165, 1.54) is 37.4 Å². The maximum atomic E-state index is 14.0. The van der Waals surface area contributed by atoms with Crippen LogP contribution in [-0.2, 0) is 9.63 Å². The van der Waals surface area contributed by atoms with Crippen molar-refractivity contribution in [2.24, 2.45) is 0 Å². The Morgan fingerprint density at radius 3 is 2.40 bits per heavy atom. The standard InChI is InChI=1S/C37H46F2N8O3/c1-5-36(48)43-29-19-30(42-34-21-35(41-23-40-34)47-31(10-15-50-47)24-16-25(38)18-26(39)17-24)33(49-4)20-32(29)44-11-8-27(9-12-44)45-13-14-46(28-6-7-28)37(2,3)22-45/h5,16-21,23,27-28,31H,1,6-15,22H2,2-4H3,(H,43,48)(H,40,41,42)/t31-/m1/s1. The molecule has 0 unspecified atom stereocenters. The van der Waals surface area contributed by atoms with Gasteiger partial charge < -0.3 is 20.3 Å². The summed E-state index contributed by atoms with van der Waals surface area (Å²) in [7, 11) is 1.60. The monoisotopic (exact) mass is 688 g/mol. The topological polar surface area (TPSA) is 98.3 Å². The number of nitrogens with zero attached hydrogens (tertiary/aromatic N) is 6. The van der Waals surface area contributed by atoms with Crippen LogP contribution in [0.15, 0.2) is 55.4 Å². The molecule has 1 aliphatic carbocycles. The molecule has 2 aromatic carbocycles. The largest absolute Gasteiger partial charge is 0.494 e. The smallest absolute Gasteiger partial charge is 0.247 e. The van der Waals surface area contributed by atoms with Gasteiger partial charge in [0.15, 0.2) is 5.82 Å². The van der Waals surface area contributed by atoms with E-state index in [1.807, 2.05) is 12.1 Å². The molecule has 2 N–H and O–H groups in total. The third-order valence-electron chi connectivity index (χ3n) is 10.4. The normalized spacial score (nSPS) is 21.7. The van der Waals surface area contributed by atoms with Crippen molar-refractivity contribution in [3.63, 3.8) is 0 Å². The fourth-order valence-electron chi connectivity index (χ4n) is 7.87. The van der Waals surface area contributed by atoms with Crippen LogP contribution in [0.1, 0.15) is 57.6 Å². The summed E-state index contributed by atoms with van der Waals surface area (Å²) >= 11 is 0. The molecule has 4 fully saturated rings. The maximum Gasteiger partial charge on any atom is 0.247 e. The number of carbonyl (C=O) groups excluding carboxylic acids is 1. The maximum absolute atomic E-state index is 14.0. The third kappa shape index (κ3) is 7.26. The number of amides is 1. The van der Waals surface area contributed by atoms with Crippen molar-refractivity contribution in [1.82, 2.24) is 19.8 Å². The minimum absolute atomic E-state index is 0.184. The highest BCUT2D eigenvalue weighted by Crippen LogP contribution is 2.41. The zero-order valence-electron chi connectivity index (χ0n) is 29.0. The third-order valence-corrected chi connectivity index (χ3v) is 10.4. The molecule has 1 aromatic heterocycles. The second kappa shape index (κ2) is 14.1. The van der Waals surface area contributed by atoms with Gasteiger partial charge in [-0.05, 0) is 69.4 Å². The van der Waals surface area contributed by atoms with Crippen molar-refractivity contribution in [2.75, 3.05) is 67.0 Å². The molecular formula is C37H46F2N8O3. The summed E-state index contributed by atoms with van der Waals surface area (Å²) in [4.78, 5) is 35.0. The second-order valence-electron chi connectivity index (χ2n) is 14.2. The predicted molar refractivity (Wildman–Crippen MR) is 190 cm³/mol. The van der Waals surface area contributed by atoms with E-state index in [-0.39, 0.29) is 11.4 Å². The SMILES string of the molecule is C=CC(=O)Nc1cc(Nc2cc(N3OCC[C@@H]3c3cc(F)cc(F)c3)ncn2)c(OC)cc1N1CCC(N2CCN(C3CC3)C(C)(C)C2)CC1. The summed E-state index contributed by atoms with van der Waals surface area (Å²) in [5.74, 6) is -0.187. The lowest BCUT2D eigenvalue weighted by Gasteiger charge is -2.51. The number of carbonyl (C=O) groups is 1. The van der Waals surface area contributed by atoms with E-state index in [0.29, 0.717) is 53.4 Å². The average Bonchev–Trinajstić information content (AvgIpc) is 3.81. The van der Waals surface area contributed by atoms with Crippen LogP contribution in [0.5, 0.6) is 5.75 Å². The Hall–Kier alpha value is -4.33. The summed E-state index contributed by atoms with van der Waals surface area (Å²) in [6.07, 6.45) is 7.90. The number of ether oxygens (including phenoxy) is 1. The number of benzene rings is 2. The summed E-state index contributed by atoms with van der Waals surface area (Å²) < 4.78 is 33.9. The molecule has 3 aliphatic heterocycles. The molecule has 1 amide bonds. The van der Waals surface area contributed by atoms with Crippen molar-refractivity contribution in [2.45, 2.75) is 69.6 Å². The van der Waals surface area contributed by atoms with Crippen LogP contribution in [0, 0.1) is 11.6 Å². The lowest BCUT2D eigenvalue weighted by Crippen LogP contribution is -2.62. The van der Waals surface area contributed by atoms with E-state index in [0.717, 1.165) is 63.4 Å². The number of methoxy groups -OCH3 is 1. The first-order valence-electron chi connectivity index (χ1n) is 17.5. The first-order valence-corrected chi connectivity index (χ1v) is 17.5. The molecule has 1 atom stereocenters. The van der Waals surface area contributed by atoms with Crippen LogP contribution >= 0.6 is 0 Å². The molecule has 3 aromatic rings. The van der Waals surface area contributed by atoms with Gasteiger partial charge in [-0.3, -0.25) is 19.4 Å². The number of hydrogen-bond acceptors (Lipinski definition) is 10. The summed E-state index contributed by atoms with van der Waals surface area (Å²) in [6, 6.07) is 9.80. The minimum atomic E-state index is -0.651. The van der Waals surface area contributed by atoms with E-state index in [4.69, 9.17) is 9.57 Å². The van der Waals surface area contributed by atoms with E-state index < -0.39 is 17.7 Å². The molecular weight excluding hydrogens is 642 g/mol. The molecule has 7 rings (SSSR count). The summed E-state index contributed by atoms with van der Waals surface area (Å²) in [5.41, 5.74) is 2.72. The molecule has 1 saturated carbocycles. The Bertz CT molecular complexity index is 1710. The van der Waals surface area contributed by atoms with E-state index in [2.05, 4.69) is 55.7 Å². The van der Waals surface area contributed by atoms with Crippen LogP contribution < -0.4 is 25.3 Å². The van der Waals surface area contributed by atoms with Crippen LogP contribution in [-0.4, -0.2) is 89.7 Å². The van der Waals surface area contributed by atoms with Gasteiger partial charge in [-0.25, -0.2) is 23.8 Å². The Morgan fingerprint density at radius 2 is 1.72 bits per heavy atom. The van der Waals surface area contributed by atoms with Gasteiger partial charge in [-0.2, -0.15) is 0 Å². The van der Waals surface area contributed by atoms with E-state index in [9.17, 15) is 13.6 Å². The number of hydroxylamine groups is 1. The minimum Gasteiger partial charge on any atom is -0.494 e. The van der Waals surface area contributed by atoms with Gasteiger partial charge in [0.25, 0.3) is 0 Å². The van der Waals surface area contributed by atoms with Gasteiger partial charge in [0.2, 0.25) is 5.91 Å². The lowest BCUT2D eigenvalue weighted by molar-refractivity contribution is -0.111. The van der Waals surface area contributed by atoms with Gasteiger partial charge in [0.05, 0.1) is 36.8 Å². The number of piperazine rings is 1. The first kappa shape index (κ1) is 34.1. The lowest BCUT2D eigenvalue weighted by atomic mass is 9.94. The zero-order valence-corrected chi connectivity index (χ0v) is 29.0. The average molecular weight is 689 g/mol. The van der Waals surface area contributed by atoms with Gasteiger partial charge in [-0.15, -0.1) is 0 Å². The molecule has 3 saturated heterocycles. The highest BCUT2D eigenvalue weighted by Gasteiger charge is 2.43. The predicted octanol–water partition coefficient (Wildman–Crippen LogP) is 6.04. The first-order chi connectivity index (χ1) is 24.1. The molecule has 11 nitrogen and oxygen atoms in total. The highest BCUT2D eigenvalue weighted by molar-refractivity contribution is 6.02. The Kier molecular flexibility index (Phi) is 9.64. The molecule has 50 heavy (non-hydrogen) atoms. The molecule has 0 bridgehead atoms. The number of anilines is 5. The van der Waals surface area contributed by atoms with E-state index in [1.54, 1.807) is 18.2 Å². The number of aromatic nitrogens is 2. The number of hydrogen-bond donors (Lipinski definition) is 2. The Balaban J connectivity index is 1.09. The summed E-state index contributed by atoms with van der Waals surface area (Å²) in [6.45, 7) is 13.8. The van der Waals surface area contributed by atoms with Crippen LogP contribution in [0.3, 0.4) is 0 Å². The fraction of sp³-hybridized carbons (Fsp3) is 0.486. The molecule has 0 radical (unpaired) electrons.